The van der Waals surface area contributed by atoms with E-state index in [4.69, 9.17) is 4.42 Å². The summed E-state index contributed by atoms with van der Waals surface area (Å²) in [4.78, 5) is 23.9. The molecular formula is C18H20N2O5. The van der Waals surface area contributed by atoms with Crippen molar-refractivity contribution in [2.75, 3.05) is 6.54 Å². The van der Waals surface area contributed by atoms with Crippen LogP contribution in [-0.2, 0) is 11.3 Å². The van der Waals surface area contributed by atoms with E-state index >= 15 is 0 Å². The molecule has 1 fully saturated rings. The zero-order valence-corrected chi connectivity index (χ0v) is 13.9. The van der Waals surface area contributed by atoms with Gasteiger partial charge in [0.15, 0.2) is 0 Å². The van der Waals surface area contributed by atoms with Crippen molar-refractivity contribution < 1.29 is 19.2 Å². The zero-order chi connectivity index (χ0) is 18.0. The van der Waals surface area contributed by atoms with Crippen LogP contribution in [0.1, 0.15) is 25.5 Å². The van der Waals surface area contributed by atoms with E-state index < -0.39 is 10.9 Å². The van der Waals surface area contributed by atoms with Gasteiger partial charge < -0.3 is 9.52 Å². The SMILES string of the molecule is C[C@@H]1[C@H](C(=O)O)CCCN1Cc1ccc(-c2cccc([N+](=O)[O-])c2)o1. The van der Waals surface area contributed by atoms with Gasteiger partial charge in [0.2, 0.25) is 0 Å². The normalized spacial score (nSPS) is 21.2. The van der Waals surface area contributed by atoms with Crippen molar-refractivity contribution in [3.8, 4) is 11.3 Å². The molecule has 1 aliphatic rings. The molecule has 2 heterocycles. The predicted octanol–water partition coefficient (Wildman–Crippen LogP) is 3.54. The first kappa shape index (κ1) is 17.2. The average molecular weight is 344 g/mol. The van der Waals surface area contributed by atoms with Gasteiger partial charge in [-0.3, -0.25) is 19.8 Å². The highest BCUT2D eigenvalue weighted by Crippen LogP contribution is 2.29. The van der Waals surface area contributed by atoms with Crippen molar-refractivity contribution in [3.63, 3.8) is 0 Å². The number of rotatable bonds is 5. The van der Waals surface area contributed by atoms with E-state index in [1.807, 2.05) is 13.0 Å². The molecule has 1 N–H and O–H groups in total. The molecule has 0 aliphatic carbocycles. The molecule has 7 nitrogen and oxygen atoms in total. The van der Waals surface area contributed by atoms with Crippen LogP contribution in [0.5, 0.6) is 0 Å². The van der Waals surface area contributed by atoms with Gasteiger partial charge in [-0.2, -0.15) is 0 Å². The Kier molecular flexibility index (Phi) is 4.85. The molecule has 0 unspecified atom stereocenters. The van der Waals surface area contributed by atoms with Crippen LogP contribution in [0.3, 0.4) is 0 Å². The van der Waals surface area contributed by atoms with Gasteiger partial charge in [0.25, 0.3) is 5.69 Å². The lowest BCUT2D eigenvalue weighted by molar-refractivity contribution is -0.384. The first-order chi connectivity index (χ1) is 12.0. The van der Waals surface area contributed by atoms with Gasteiger partial charge in [0, 0.05) is 23.7 Å². The van der Waals surface area contributed by atoms with Crippen LogP contribution in [0.25, 0.3) is 11.3 Å². The van der Waals surface area contributed by atoms with Gasteiger partial charge in [0.05, 0.1) is 17.4 Å². The van der Waals surface area contributed by atoms with E-state index in [0.717, 1.165) is 18.7 Å². The second-order valence-corrected chi connectivity index (χ2v) is 6.37. The second kappa shape index (κ2) is 7.06. The maximum absolute atomic E-state index is 11.3. The Balaban J connectivity index is 1.74. The molecule has 1 aromatic heterocycles. The number of piperidine rings is 1. The first-order valence-electron chi connectivity index (χ1n) is 8.26. The lowest BCUT2D eigenvalue weighted by Gasteiger charge is -2.36. The van der Waals surface area contributed by atoms with Crippen molar-refractivity contribution in [2.45, 2.75) is 32.4 Å². The number of benzene rings is 1. The topological polar surface area (TPSA) is 96.8 Å². The molecule has 2 aromatic rings. The molecule has 0 radical (unpaired) electrons. The Hall–Kier alpha value is -2.67. The number of hydrogen-bond donors (Lipinski definition) is 1. The minimum absolute atomic E-state index is 0.0180. The minimum Gasteiger partial charge on any atom is -0.481 e. The maximum atomic E-state index is 11.3. The Morgan fingerprint density at radius 2 is 2.20 bits per heavy atom. The summed E-state index contributed by atoms with van der Waals surface area (Å²) in [5, 5.41) is 20.2. The summed E-state index contributed by atoms with van der Waals surface area (Å²) in [6.45, 7) is 3.29. The summed E-state index contributed by atoms with van der Waals surface area (Å²) < 4.78 is 5.84. The van der Waals surface area contributed by atoms with Crippen LogP contribution in [-0.4, -0.2) is 33.5 Å². The Morgan fingerprint density at radius 3 is 2.92 bits per heavy atom. The van der Waals surface area contributed by atoms with Gasteiger partial charge >= 0.3 is 5.97 Å². The average Bonchev–Trinajstić information content (AvgIpc) is 3.05. The van der Waals surface area contributed by atoms with E-state index in [1.54, 1.807) is 18.2 Å². The second-order valence-electron chi connectivity index (χ2n) is 6.37. The van der Waals surface area contributed by atoms with Crippen molar-refractivity contribution in [1.29, 1.82) is 0 Å². The third-order valence-electron chi connectivity index (χ3n) is 4.80. The number of hydrogen-bond acceptors (Lipinski definition) is 5. The van der Waals surface area contributed by atoms with E-state index in [1.165, 1.54) is 12.1 Å². The quantitative estimate of drug-likeness (QED) is 0.658. The van der Waals surface area contributed by atoms with E-state index in [-0.39, 0.29) is 17.6 Å². The molecule has 2 atom stereocenters. The third-order valence-corrected chi connectivity index (χ3v) is 4.80. The van der Waals surface area contributed by atoms with Gasteiger partial charge in [-0.25, -0.2) is 0 Å². The molecule has 7 heteroatoms. The smallest absolute Gasteiger partial charge is 0.308 e. The number of carboxylic acids is 1. The minimum atomic E-state index is -0.756. The Bertz CT molecular complexity index is 785. The Morgan fingerprint density at radius 1 is 1.40 bits per heavy atom. The molecule has 1 saturated heterocycles. The summed E-state index contributed by atoms with van der Waals surface area (Å²) in [7, 11) is 0. The number of carboxylic acid groups (broad SMARTS) is 1. The maximum Gasteiger partial charge on any atom is 0.308 e. The lowest BCUT2D eigenvalue weighted by atomic mass is 9.90. The van der Waals surface area contributed by atoms with Crippen LogP contribution in [0.15, 0.2) is 40.8 Å². The fourth-order valence-corrected chi connectivity index (χ4v) is 3.36. The Labute approximate surface area is 145 Å². The molecule has 0 bridgehead atoms. The monoisotopic (exact) mass is 344 g/mol. The van der Waals surface area contributed by atoms with Crippen molar-refractivity contribution >= 4 is 11.7 Å². The van der Waals surface area contributed by atoms with Gasteiger partial charge in [0.1, 0.15) is 11.5 Å². The number of carbonyl (C=O) groups is 1. The highest BCUT2D eigenvalue weighted by atomic mass is 16.6. The van der Waals surface area contributed by atoms with Crippen LogP contribution >= 0.6 is 0 Å². The highest BCUT2D eigenvalue weighted by Gasteiger charge is 2.33. The van der Waals surface area contributed by atoms with Gasteiger partial charge in [-0.1, -0.05) is 12.1 Å². The zero-order valence-electron chi connectivity index (χ0n) is 13.9. The number of likely N-dealkylation sites (tertiary alicyclic amines) is 1. The van der Waals surface area contributed by atoms with Gasteiger partial charge in [-0.05, 0) is 38.4 Å². The summed E-state index contributed by atoms with van der Waals surface area (Å²) in [5.74, 6) is 0.173. The van der Waals surface area contributed by atoms with Crippen LogP contribution in [0, 0.1) is 16.0 Å². The molecule has 0 amide bonds. The first-order valence-corrected chi connectivity index (χ1v) is 8.26. The lowest BCUT2D eigenvalue weighted by Crippen LogP contribution is -2.45. The number of nitrogens with zero attached hydrogens (tertiary/aromatic N) is 2. The van der Waals surface area contributed by atoms with E-state index in [9.17, 15) is 20.0 Å². The molecule has 1 aliphatic heterocycles. The standard InChI is InChI=1S/C18H20N2O5/c1-12-16(18(21)22)6-3-9-19(12)11-15-7-8-17(25-15)13-4-2-5-14(10-13)20(23)24/h2,4-5,7-8,10,12,16H,3,6,9,11H2,1H3,(H,21,22)/t12-,16-/m1/s1. The predicted molar refractivity (Wildman–Crippen MR) is 91.0 cm³/mol. The largest absolute Gasteiger partial charge is 0.481 e. The molecule has 1 aromatic carbocycles. The van der Waals surface area contributed by atoms with Crippen molar-refractivity contribution in [2.24, 2.45) is 5.92 Å². The fourth-order valence-electron chi connectivity index (χ4n) is 3.36. The van der Waals surface area contributed by atoms with E-state index in [0.29, 0.717) is 24.3 Å². The number of nitro benzene ring substituents is 1. The number of aliphatic carboxylic acids is 1. The summed E-state index contributed by atoms with van der Waals surface area (Å²) >= 11 is 0. The van der Waals surface area contributed by atoms with Crippen LogP contribution < -0.4 is 0 Å². The number of non-ortho nitro benzene ring substituents is 1. The van der Waals surface area contributed by atoms with Crippen molar-refractivity contribution in [3.05, 3.63) is 52.3 Å². The summed E-state index contributed by atoms with van der Waals surface area (Å²) in [6.07, 6.45) is 1.55. The van der Waals surface area contributed by atoms with Crippen LogP contribution in [0.2, 0.25) is 0 Å². The molecule has 0 saturated carbocycles. The number of nitro groups is 1. The fraction of sp³-hybridized carbons (Fsp3) is 0.389. The molecule has 0 spiro atoms. The third kappa shape index (κ3) is 3.71. The molecule has 132 valence electrons. The van der Waals surface area contributed by atoms with Gasteiger partial charge in [-0.15, -0.1) is 0 Å². The summed E-state index contributed by atoms with van der Waals surface area (Å²) in [6, 6.07) is 9.88. The molecule has 3 rings (SSSR count). The number of furan rings is 1. The highest BCUT2D eigenvalue weighted by molar-refractivity contribution is 5.71. The van der Waals surface area contributed by atoms with Crippen molar-refractivity contribution in [1.82, 2.24) is 4.90 Å². The van der Waals surface area contributed by atoms with Crippen LogP contribution in [0.4, 0.5) is 5.69 Å². The molecular weight excluding hydrogens is 324 g/mol. The summed E-state index contributed by atoms with van der Waals surface area (Å²) in [5.41, 5.74) is 0.667. The van der Waals surface area contributed by atoms with E-state index in [2.05, 4.69) is 4.90 Å². The molecule has 25 heavy (non-hydrogen) atoms.